The quantitative estimate of drug-likeness (QED) is 0.905. The molecule has 0 heterocycles. The molecule has 1 amide bonds. The standard InChI is InChI=1S/C13H19BrN2O/c1-4-16(3)13(17)9-15-8-11-5-6-12(14)10(2)7-11/h5-7,15H,4,8-9H2,1-3H3. The molecule has 1 N–H and O–H groups in total. The van der Waals surface area contributed by atoms with Crippen LogP contribution in [-0.4, -0.2) is 30.9 Å². The van der Waals surface area contributed by atoms with Gasteiger partial charge in [0.2, 0.25) is 5.91 Å². The van der Waals surface area contributed by atoms with Crippen LogP contribution in [0.2, 0.25) is 0 Å². The van der Waals surface area contributed by atoms with E-state index in [0.29, 0.717) is 6.54 Å². The summed E-state index contributed by atoms with van der Waals surface area (Å²) in [5.74, 6) is 0.126. The molecule has 0 aliphatic heterocycles. The highest BCUT2D eigenvalue weighted by Crippen LogP contribution is 2.16. The van der Waals surface area contributed by atoms with Crippen molar-refractivity contribution in [3.63, 3.8) is 0 Å². The molecule has 3 nitrogen and oxygen atoms in total. The number of rotatable bonds is 5. The normalized spacial score (nSPS) is 10.4. The van der Waals surface area contributed by atoms with E-state index in [2.05, 4.69) is 40.3 Å². The predicted octanol–water partition coefficient (Wildman–Crippen LogP) is 2.33. The molecule has 17 heavy (non-hydrogen) atoms. The van der Waals surface area contributed by atoms with Crippen molar-refractivity contribution in [3.05, 3.63) is 33.8 Å². The number of likely N-dealkylation sites (N-methyl/N-ethyl adjacent to an activating group) is 1. The number of hydrogen-bond donors (Lipinski definition) is 1. The molecule has 0 aliphatic carbocycles. The van der Waals surface area contributed by atoms with E-state index in [9.17, 15) is 4.79 Å². The van der Waals surface area contributed by atoms with Crippen LogP contribution in [0.25, 0.3) is 0 Å². The lowest BCUT2D eigenvalue weighted by molar-refractivity contribution is -0.128. The summed E-state index contributed by atoms with van der Waals surface area (Å²) in [6.45, 7) is 5.88. The molecular formula is C13H19BrN2O. The average Bonchev–Trinajstić information content (AvgIpc) is 2.32. The molecule has 1 aromatic carbocycles. The number of carbonyl (C=O) groups is 1. The molecule has 0 aliphatic rings. The number of nitrogens with one attached hydrogen (secondary N) is 1. The Labute approximate surface area is 111 Å². The molecule has 0 spiro atoms. The summed E-state index contributed by atoms with van der Waals surface area (Å²) in [7, 11) is 1.81. The first-order chi connectivity index (χ1) is 8.04. The van der Waals surface area contributed by atoms with Gasteiger partial charge in [0.1, 0.15) is 0 Å². The van der Waals surface area contributed by atoms with E-state index < -0.39 is 0 Å². The van der Waals surface area contributed by atoms with Crippen molar-refractivity contribution in [3.8, 4) is 0 Å². The van der Waals surface area contributed by atoms with E-state index in [1.807, 2.05) is 20.0 Å². The van der Waals surface area contributed by atoms with Crippen LogP contribution in [-0.2, 0) is 11.3 Å². The number of benzene rings is 1. The van der Waals surface area contributed by atoms with Gasteiger partial charge in [-0.1, -0.05) is 28.1 Å². The largest absolute Gasteiger partial charge is 0.345 e. The lowest BCUT2D eigenvalue weighted by atomic mass is 10.1. The Morgan fingerprint density at radius 2 is 2.18 bits per heavy atom. The van der Waals surface area contributed by atoms with E-state index in [-0.39, 0.29) is 5.91 Å². The highest BCUT2D eigenvalue weighted by atomic mass is 79.9. The van der Waals surface area contributed by atoms with Crippen LogP contribution in [0, 0.1) is 6.92 Å². The number of aryl methyl sites for hydroxylation is 1. The highest BCUT2D eigenvalue weighted by Gasteiger charge is 2.05. The van der Waals surface area contributed by atoms with Crippen LogP contribution in [0.1, 0.15) is 18.1 Å². The molecule has 0 saturated heterocycles. The fourth-order valence-electron chi connectivity index (χ4n) is 1.44. The minimum atomic E-state index is 0.126. The van der Waals surface area contributed by atoms with Crippen molar-refractivity contribution < 1.29 is 4.79 Å². The van der Waals surface area contributed by atoms with Crippen molar-refractivity contribution in [2.75, 3.05) is 20.1 Å². The number of amides is 1. The first-order valence-electron chi connectivity index (χ1n) is 5.74. The molecule has 0 saturated carbocycles. The fraction of sp³-hybridized carbons (Fsp3) is 0.462. The molecule has 0 aromatic heterocycles. The van der Waals surface area contributed by atoms with Crippen LogP contribution in [0.3, 0.4) is 0 Å². The third-order valence-electron chi connectivity index (χ3n) is 2.73. The monoisotopic (exact) mass is 298 g/mol. The maximum atomic E-state index is 11.5. The Hall–Kier alpha value is -0.870. The smallest absolute Gasteiger partial charge is 0.236 e. The van der Waals surface area contributed by atoms with E-state index in [4.69, 9.17) is 0 Å². The number of nitrogens with zero attached hydrogens (tertiary/aromatic N) is 1. The van der Waals surface area contributed by atoms with Gasteiger partial charge in [0, 0.05) is 24.6 Å². The van der Waals surface area contributed by atoms with Crippen LogP contribution in [0.15, 0.2) is 22.7 Å². The summed E-state index contributed by atoms with van der Waals surface area (Å²) >= 11 is 3.47. The van der Waals surface area contributed by atoms with E-state index in [1.165, 1.54) is 11.1 Å². The van der Waals surface area contributed by atoms with Gasteiger partial charge in [-0.15, -0.1) is 0 Å². The summed E-state index contributed by atoms with van der Waals surface area (Å²) < 4.78 is 1.11. The second-order valence-electron chi connectivity index (χ2n) is 4.10. The summed E-state index contributed by atoms with van der Waals surface area (Å²) in [6.07, 6.45) is 0. The molecular weight excluding hydrogens is 280 g/mol. The lowest BCUT2D eigenvalue weighted by Crippen LogP contribution is -2.35. The van der Waals surface area contributed by atoms with E-state index in [0.717, 1.165) is 17.6 Å². The van der Waals surface area contributed by atoms with Gasteiger partial charge in [-0.25, -0.2) is 0 Å². The van der Waals surface area contributed by atoms with Crippen LogP contribution >= 0.6 is 15.9 Å². The minimum Gasteiger partial charge on any atom is -0.345 e. The molecule has 0 atom stereocenters. The van der Waals surface area contributed by atoms with Crippen molar-refractivity contribution in [1.82, 2.24) is 10.2 Å². The van der Waals surface area contributed by atoms with Gasteiger partial charge < -0.3 is 10.2 Å². The highest BCUT2D eigenvalue weighted by molar-refractivity contribution is 9.10. The molecule has 0 unspecified atom stereocenters. The number of halogens is 1. The summed E-state index contributed by atoms with van der Waals surface area (Å²) in [6, 6.07) is 6.20. The Bertz CT molecular complexity index is 393. The van der Waals surface area contributed by atoms with Crippen molar-refractivity contribution in [2.45, 2.75) is 20.4 Å². The maximum Gasteiger partial charge on any atom is 0.236 e. The summed E-state index contributed by atoms with van der Waals surface area (Å²) in [5, 5.41) is 3.16. The minimum absolute atomic E-state index is 0.126. The van der Waals surface area contributed by atoms with Crippen molar-refractivity contribution in [2.24, 2.45) is 0 Å². The summed E-state index contributed by atoms with van der Waals surface area (Å²) in [5.41, 5.74) is 2.40. The second kappa shape index (κ2) is 6.77. The van der Waals surface area contributed by atoms with Crippen molar-refractivity contribution in [1.29, 1.82) is 0 Å². The predicted molar refractivity (Wildman–Crippen MR) is 73.9 cm³/mol. The first-order valence-corrected chi connectivity index (χ1v) is 6.53. The Kier molecular flexibility index (Phi) is 5.65. The van der Waals surface area contributed by atoms with Crippen molar-refractivity contribution >= 4 is 21.8 Å². The Balaban J connectivity index is 2.41. The first kappa shape index (κ1) is 14.2. The Morgan fingerprint density at radius 1 is 1.47 bits per heavy atom. The van der Waals surface area contributed by atoms with Gasteiger partial charge in [0.25, 0.3) is 0 Å². The molecule has 0 bridgehead atoms. The lowest BCUT2D eigenvalue weighted by Gasteiger charge is -2.14. The zero-order chi connectivity index (χ0) is 12.8. The number of carbonyl (C=O) groups excluding carboxylic acids is 1. The van der Waals surface area contributed by atoms with Crippen LogP contribution in [0.5, 0.6) is 0 Å². The van der Waals surface area contributed by atoms with Gasteiger partial charge in [-0.3, -0.25) is 4.79 Å². The van der Waals surface area contributed by atoms with Gasteiger partial charge >= 0.3 is 0 Å². The number of hydrogen-bond acceptors (Lipinski definition) is 2. The molecule has 94 valence electrons. The molecule has 0 radical (unpaired) electrons. The third kappa shape index (κ3) is 4.48. The van der Waals surface area contributed by atoms with Gasteiger partial charge in [-0.2, -0.15) is 0 Å². The van der Waals surface area contributed by atoms with Gasteiger partial charge in [0.15, 0.2) is 0 Å². The Morgan fingerprint density at radius 3 is 2.76 bits per heavy atom. The molecule has 4 heteroatoms. The van der Waals surface area contributed by atoms with Gasteiger partial charge in [-0.05, 0) is 31.0 Å². The molecule has 1 rings (SSSR count). The van der Waals surface area contributed by atoms with E-state index in [1.54, 1.807) is 4.90 Å². The zero-order valence-corrected chi connectivity index (χ0v) is 12.2. The SMILES string of the molecule is CCN(C)C(=O)CNCc1ccc(Br)c(C)c1. The zero-order valence-electron chi connectivity index (χ0n) is 10.6. The third-order valence-corrected chi connectivity index (χ3v) is 3.62. The van der Waals surface area contributed by atoms with Crippen LogP contribution in [0.4, 0.5) is 0 Å². The molecule has 0 fully saturated rings. The fourth-order valence-corrected chi connectivity index (χ4v) is 1.69. The van der Waals surface area contributed by atoms with E-state index >= 15 is 0 Å². The second-order valence-corrected chi connectivity index (χ2v) is 4.95. The van der Waals surface area contributed by atoms with Crippen LogP contribution < -0.4 is 5.32 Å². The maximum absolute atomic E-state index is 11.5. The topological polar surface area (TPSA) is 32.3 Å². The summed E-state index contributed by atoms with van der Waals surface area (Å²) in [4.78, 5) is 13.2. The average molecular weight is 299 g/mol. The molecule has 1 aromatic rings. The van der Waals surface area contributed by atoms with Gasteiger partial charge in [0.05, 0.1) is 6.54 Å².